The highest BCUT2D eigenvalue weighted by atomic mass is 16.5. The first-order valence-corrected chi connectivity index (χ1v) is 14.7. The number of benzene rings is 2. The minimum absolute atomic E-state index is 0.441. The van der Waals surface area contributed by atoms with E-state index in [0.717, 1.165) is 54.7 Å². The zero-order valence-electron chi connectivity index (χ0n) is 25.4. The molecule has 3 heterocycles. The van der Waals surface area contributed by atoms with Gasteiger partial charge in [0.25, 0.3) is 0 Å². The maximum absolute atomic E-state index is 9.55. The molecule has 234 valence electrons. The molecule has 2 aromatic carbocycles. The summed E-state index contributed by atoms with van der Waals surface area (Å²) in [5, 5.41) is 30.2. The van der Waals surface area contributed by atoms with Crippen molar-refractivity contribution >= 4 is 22.9 Å². The molecule has 0 aliphatic carbocycles. The molecule has 11 nitrogen and oxygen atoms in total. The van der Waals surface area contributed by atoms with E-state index in [2.05, 4.69) is 56.3 Å². The number of hydrogen-bond donors (Lipinski definition) is 2. The summed E-state index contributed by atoms with van der Waals surface area (Å²) in [6.07, 6.45) is 7.11. The molecule has 1 saturated heterocycles. The van der Waals surface area contributed by atoms with Crippen molar-refractivity contribution in [3.63, 3.8) is 0 Å². The molecule has 1 aliphatic rings. The van der Waals surface area contributed by atoms with E-state index in [9.17, 15) is 9.59 Å². The number of nitriles is 1. The van der Waals surface area contributed by atoms with Crippen LogP contribution in [-0.4, -0.2) is 69.3 Å². The Kier molecular flexibility index (Phi) is 11.8. The second kappa shape index (κ2) is 16.1. The van der Waals surface area contributed by atoms with Gasteiger partial charge in [-0.25, -0.2) is 14.6 Å². The van der Waals surface area contributed by atoms with E-state index in [1.54, 1.807) is 12.1 Å². The lowest BCUT2D eigenvalue weighted by Gasteiger charge is -2.31. The Morgan fingerprint density at radius 1 is 1.07 bits per heavy atom. The number of ether oxygens (including phenoxy) is 1. The molecule has 45 heavy (non-hydrogen) atoms. The van der Waals surface area contributed by atoms with Crippen molar-refractivity contribution < 1.29 is 29.1 Å². The van der Waals surface area contributed by atoms with Gasteiger partial charge < -0.3 is 24.4 Å². The molecule has 0 unspecified atom stereocenters. The van der Waals surface area contributed by atoms with Crippen LogP contribution in [0.15, 0.2) is 77.5 Å². The van der Waals surface area contributed by atoms with Gasteiger partial charge in [0.1, 0.15) is 11.8 Å². The van der Waals surface area contributed by atoms with E-state index in [4.69, 9.17) is 24.7 Å². The Morgan fingerprint density at radius 3 is 2.38 bits per heavy atom. The SMILES string of the molecule is CN(C)Cc1c(Oc2ccc(C#N)cn2)ccc2c(CCC3CCN(Cc4ccccc4)CC3)noc12.O=C(O)C=CC(=O)O. The lowest BCUT2D eigenvalue weighted by atomic mass is 9.91. The number of rotatable bonds is 11. The molecule has 2 aromatic heterocycles. The van der Waals surface area contributed by atoms with E-state index < -0.39 is 11.9 Å². The number of fused-ring (bicyclic) bond motifs is 1. The van der Waals surface area contributed by atoms with Crippen molar-refractivity contribution in [2.45, 2.75) is 38.8 Å². The first-order chi connectivity index (χ1) is 21.7. The number of carbonyl (C=O) groups is 2. The smallest absolute Gasteiger partial charge is 0.328 e. The topological polar surface area (TPSA) is 153 Å². The Morgan fingerprint density at radius 2 is 1.78 bits per heavy atom. The van der Waals surface area contributed by atoms with Crippen molar-refractivity contribution in [2.75, 3.05) is 27.2 Å². The third-order valence-corrected chi connectivity index (χ3v) is 7.44. The van der Waals surface area contributed by atoms with Crippen LogP contribution in [0.4, 0.5) is 0 Å². The summed E-state index contributed by atoms with van der Waals surface area (Å²) in [6.45, 7) is 3.99. The molecule has 5 rings (SSSR count). The summed E-state index contributed by atoms with van der Waals surface area (Å²) >= 11 is 0. The second-order valence-electron chi connectivity index (χ2n) is 11.1. The molecule has 0 radical (unpaired) electrons. The minimum atomic E-state index is -1.26. The van der Waals surface area contributed by atoms with Gasteiger partial charge in [0, 0.05) is 42.9 Å². The molecule has 1 fully saturated rings. The quantitative estimate of drug-likeness (QED) is 0.207. The van der Waals surface area contributed by atoms with Gasteiger partial charge in [-0.3, -0.25) is 4.90 Å². The van der Waals surface area contributed by atoms with Gasteiger partial charge in [-0.1, -0.05) is 35.5 Å². The predicted octanol–water partition coefficient (Wildman–Crippen LogP) is 5.50. The Labute approximate surface area is 261 Å². The molecular formula is C34H37N5O6. The molecule has 0 saturated carbocycles. The van der Waals surface area contributed by atoms with Gasteiger partial charge in [-0.05, 0) is 82.5 Å². The highest BCUT2D eigenvalue weighted by Crippen LogP contribution is 2.34. The largest absolute Gasteiger partial charge is 0.478 e. The first kappa shape index (κ1) is 32.9. The van der Waals surface area contributed by atoms with E-state index in [1.807, 2.05) is 26.2 Å². The molecule has 0 amide bonds. The predicted molar refractivity (Wildman–Crippen MR) is 168 cm³/mol. The van der Waals surface area contributed by atoms with Crippen LogP contribution < -0.4 is 4.74 Å². The second-order valence-corrected chi connectivity index (χ2v) is 11.1. The molecule has 0 spiro atoms. The average molecular weight is 612 g/mol. The summed E-state index contributed by atoms with van der Waals surface area (Å²) in [5.74, 6) is -0.673. The number of aliphatic carboxylic acids is 2. The van der Waals surface area contributed by atoms with Gasteiger partial charge in [0.15, 0.2) is 5.58 Å². The fourth-order valence-electron chi connectivity index (χ4n) is 5.21. The van der Waals surface area contributed by atoms with Gasteiger partial charge in [-0.2, -0.15) is 5.26 Å². The Bertz CT molecular complexity index is 1620. The zero-order valence-corrected chi connectivity index (χ0v) is 25.4. The number of aromatic nitrogens is 2. The summed E-state index contributed by atoms with van der Waals surface area (Å²) < 4.78 is 12.0. The number of likely N-dealkylation sites (tertiary alicyclic amines) is 1. The fourth-order valence-corrected chi connectivity index (χ4v) is 5.21. The summed E-state index contributed by atoms with van der Waals surface area (Å²) in [7, 11) is 4.04. The van der Waals surface area contributed by atoms with Crippen LogP contribution in [0.1, 0.15) is 41.6 Å². The third-order valence-electron chi connectivity index (χ3n) is 7.44. The lowest BCUT2D eigenvalue weighted by Crippen LogP contribution is -2.33. The average Bonchev–Trinajstić information content (AvgIpc) is 3.45. The normalized spacial score (nSPS) is 13.8. The van der Waals surface area contributed by atoms with Crippen LogP contribution in [0.3, 0.4) is 0 Å². The maximum atomic E-state index is 9.55. The Balaban J connectivity index is 0.000000510. The van der Waals surface area contributed by atoms with Crippen LogP contribution in [0, 0.1) is 17.2 Å². The van der Waals surface area contributed by atoms with Crippen LogP contribution in [0.25, 0.3) is 11.0 Å². The number of piperidine rings is 1. The highest BCUT2D eigenvalue weighted by Gasteiger charge is 2.22. The van der Waals surface area contributed by atoms with Crippen LogP contribution in [0.2, 0.25) is 0 Å². The number of pyridine rings is 1. The molecule has 4 aromatic rings. The summed E-state index contributed by atoms with van der Waals surface area (Å²) in [6, 6.07) is 20.2. The number of carboxylic acid groups (broad SMARTS) is 2. The molecular weight excluding hydrogens is 574 g/mol. The zero-order chi connectivity index (χ0) is 32.2. The van der Waals surface area contributed by atoms with Gasteiger partial charge in [0.05, 0.1) is 16.8 Å². The van der Waals surface area contributed by atoms with E-state index in [-0.39, 0.29) is 0 Å². The number of aryl methyl sites for hydroxylation is 1. The molecule has 0 atom stereocenters. The number of carboxylic acids is 2. The first-order valence-electron chi connectivity index (χ1n) is 14.7. The number of nitrogens with zero attached hydrogens (tertiary/aromatic N) is 5. The summed E-state index contributed by atoms with van der Waals surface area (Å²) in [5.41, 5.74) is 4.62. The van der Waals surface area contributed by atoms with E-state index in [0.29, 0.717) is 41.8 Å². The van der Waals surface area contributed by atoms with E-state index in [1.165, 1.54) is 24.6 Å². The van der Waals surface area contributed by atoms with Crippen molar-refractivity contribution in [3.8, 4) is 17.7 Å². The minimum Gasteiger partial charge on any atom is -0.478 e. The van der Waals surface area contributed by atoms with E-state index >= 15 is 0 Å². The van der Waals surface area contributed by atoms with Gasteiger partial charge >= 0.3 is 11.9 Å². The van der Waals surface area contributed by atoms with Crippen molar-refractivity contribution in [1.82, 2.24) is 19.9 Å². The maximum Gasteiger partial charge on any atom is 0.328 e. The van der Waals surface area contributed by atoms with Crippen LogP contribution in [-0.2, 0) is 29.1 Å². The lowest BCUT2D eigenvalue weighted by molar-refractivity contribution is -0.134. The standard InChI is InChI=1S/C30H33N5O2.C4H4O4/c1-34(2)21-26-28(36-29-13-9-24(18-31)19-32-29)12-10-25-27(33-37-30(25)26)11-8-22-14-16-35(17-15-22)20-23-6-4-3-5-7-23;5-3(6)1-2-4(7)8/h3-7,9-10,12-13,19,22H,8,11,14-17,20-21H2,1-2H3;1-2H,(H,5,6)(H,7,8). The van der Waals surface area contributed by atoms with Crippen molar-refractivity contribution in [1.29, 1.82) is 5.26 Å². The van der Waals surface area contributed by atoms with Crippen molar-refractivity contribution in [3.05, 3.63) is 95.3 Å². The number of hydrogen-bond acceptors (Lipinski definition) is 9. The molecule has 1 aliphatic heterocycles. The monoisotopic (exact) mass is 611 g/mol. The summed E-state index contributed by atoms with van der Waals surface area (Å²) in [4.78, 5) is 28.0. The van der Waals surface area contributed by atoms with Crippen LogP contribution >= 0.6 is 0 Å². The fraction of sp³-hybridized carbons (Fsp3) is 0.324. The van der Waals surface area contributed by atoms with Gasteiger partial charge in [-0.15, -0.1) is 0 Å². The van der Waals surface area contributed by atoms with Gasteiger partial charge in [0.2, 0.25) is 5.88 Å². The van der Waals surface area contributed by atoms with Crippen LogP contribution in [0.5, 0.6) is 11.6 Å². The van der Waals surface area contributed by atoms with Crippen molar-refractivity contribution in [2.24, 2.45) is 5.92 Å². The molecule has 11 heteroatoms. The molecule has 0 bridgehead atoms. The molecule has 2 N–H and O–H groups in total. The Hall–Kier alpha value is -5.05. The third kappa shape index (κ3) is 9.99. The highest BCUT2D eigenvalue weighted by molar-refractivity contribution is 5.89.